The molecule has 0 amide bonds. The van der Waals surface area contributed by atoms with Crippen molar-refractivity contribution in [1.82, 2.24) is 9.80 Å². The van der Waals surface area contributed by atoms with Crippen molar-refractivity contribution >= 4 is 5.84 Å². The van der Waals surface area contributed by atoms with Crippen LogP contribution in [0.3, 0.4) is 0 Å². The van der Waals surface area contributed by atoms with Crippen molar-refractivity contribution in [3.05, 3.63) is 0 Å². The van der Waals surface area contributed by atoms with Crippen LogP contribution >= 0.6 is 0 Å². The highest BCUT2D eigenvalue weighted by molar-refractivity contribution is 5.76. The lowest BCUT2D eigenvalue weighted by Gasteiger charge is -2.39. The van der Waals surface area contributed by atoms with Crippen molar-refractivity contribution in [2.75, 3.05) is 33.2 Å². The smallest absolute Gasteiger partial charge is 0.0905 e. The molecular weight excluding hydrogens is 188 g/mol. The molecule has 1 aliphatic heterocycles. The second-order valence-electron chi connectivity index (χ2n) is 4.47. The summed E-state index contributed by atoms with van der Waals surface area (Å²) in [5.74, 6) is 0.316. The fourth-order valence-corrected chi connectivity index (χ4v) is 2.15. The van der Waals surface area contributed by atoms with Gasteiger partial charge in [0, 0.05) is 32.1 Å². The zero-order valence-electron chi connectivity index (χ0n) is 10.00. The van der Waals surface area contributed by atoms with E-state index in [1.54, 1.807) is 0 Å². The van der Waals surface area contributed by atoms with E-state index in [1.807, 2.05) is 0 Å². The molecule has 1 heterocycles. The highest BCUT2D eigenvalue weighted by Gasteiger charge is 2.21. The molecule has 0 aromatic heterocycles. The van der Waals surface area contributed by atoms with Crippen LogP contribution in [-0.4, -0.2) is 54.9 Å². The van der Waals surface area contributed by atoms with Gasteiger partial charge in [0.2, 0.25) is 0 Å². The van der Waals surface area contributed by atoms with Crippen molar-refractivity contribution < 1.29 is 0 Å². The van der Waals surface area contributed by atoms with Crippen LogP contribution in [0.1, 0.15) is 26.2 Å². The molecule has 1 rings (SSSR count). The van der Waals surface area contributed by atoms with Crippen molar-refractivity contribution in [3.8, 4) is 0 Å². The molecule has 88 valence electrons. The maximum atomic E-state index is 7.17. The second-order valence-corrected chi connectivity index (χ2v) is 4.47. The molecule has 1 atom stereocenters. The molecule has 4 heteroatoms. The number of hydrogen-bond acceptors (Lipinski definition) is 3. The molecule has 1 fully saturated rings. The van der Waals surface area contributed by atoms with Crippen LogP contribution in [0.4, 0.5) is 0 Å². The minimum absolute atomic E-state index is 0.316. The van der Waals surface area contributed by atoms with E-state index in [0.717, 1.165) is 25.9 Å². The molecule has 0 aromatic rings. The van der Waals surface area contributed by atoms with Gasteiger partial charge in [0.15, 0.2) is 0 Å². The third-order valence-corrected chi connectivity index (χ3v) is 3.25. The van der Waals surface area contributed by atoms with Crippen LogP contribution in [0.15, 0.2) is 0 Å². The largest absolute Gasteiger partial charge is 0.388 e. The van der Waals surface area contributed by atoms with Gasteiger partial charge >= 0.3 is 0 Å². The van der Waals surface area contributed by atoms with Gasteiger partial charge in [-0.3, -0.25) is 5.41 Å². The summed E-state index contributed by atoms with van der Waals surface area (Å²) in [5, 5.41) is 7.17. The summed E-state index contributed by atoms with van der Waals surface area (Å²) >= 11 is 0. The van der Waals surface area contributed by atoms with Crippen molar-refractivity contribution in [3.63, 3.8) is 0 Å². The minimum Gasteiger partial charge on any atom is -0.388 e. The Kier molecular flexibility index (Phi) is 5.05. The maximum absolute atomic E-state index is 7.17. The number of hydrogen-bond donors (Lipinski definition) is 2. The summed E-state index contributed by atoms with van der Waals surface area (Å²) in [5.41, 5.74) is 5.34. The molecule has 4 nitrogen and oxygen atoms in total. The van der Waals surface area contributed by atoms with Gasteiger partial charge in [0.1, 0.15) is 0 Å². The number of piperazine rings is 1. The van der Waals surface area contributed by atoms with E-state index in [0.29, 0.717) is 11.9 Å². The SMILES string of the molecule is CCC1CN(CCCC(=N)N)CCN1C. The first-order valence-corrected chi connectivity index (χ1v) is 5.89. The number of nitrogens with one attached hydrogen (secondary N) is 1. The lowest BCUT2D eigenvalue weighted by Crippen LogP contribution is -2.51. The molecule has 0 spiro atoms. The average Bonchev–Trinajstić information content (AvgIpc) is 2.20. The summed E-state index contributed by atoms with van der Waals surface area (Å²) in [6.07, 6.45) is 2.98. The summed E-state index contributed by atoms with van der Waals surface area (Å²) in [7, 11) is 2.21. The van der Waals surface area contributed by atoms with E-state index >= 15 is 0 Å². The van der Waals surface area contributed by atoms with Gasteiger partial charge in [-0.15, -0.1) is 0 Å². The lowest BCUT2D eigenvalue weighted by atomic mass is 10.1. The molecule has 0 radical (unpaired) electrons. The van der Waals surface area contributed by atoms with Crippen molar-refractivity contribution in [1.29, 1.82) is 5.41 Å². The molecule has 0 aromatic carbocycles. The number of rotatable bonds is 5. The molecule has 1 aliphatic rings. The highest BCUT2D eigenvalue weighted by atomic mass is 15.3. The third-order valence-electron chi connectivity index (χ3n) is 3.25. The summed E-state index contributed by atoms with van der Waals surface area (Å²) < 4.78 is 0. The van der Waals surface area contributed by atoms with Gasteiger partial charge in [0.05, 0.1) is 5.84 Å². The maximum Gasteiger partial charge on any atom is 0.0905 e. The predicted molar refractivity (Wildman–Crippen MR) is 64.3 cm³/mol. The minimum atomic E-state index is 0.316. The zero-order chi connectivity index (χ0) is 11.3. The van der Waals surface area contributed by atoms with Crippen LogP contribution in [0.25, 0.3) is 0 Å². The van der Waals surface area contributed by atoms with Crippen LogP contribution in [-0.2, 0) is 0 Å². The summed E-state index contributed by atoms with van der Waals surface area (Å²) in [4.78, 5) is 4.94. The molecule has 1 saturated heterocycles. The van der Waals surface area contributed by atoms with E-state index in [2.05, 4.69) is 23.8 Å². The third kappa shape index (κ3) is 4.18. The number of amidine groups is 1. The number of nitrogens with zero attached hydrogens (tertiary/aromatic N) is 2. The first-order valence-electron chi connectivity index (χ1n) is 5.89. The van der Waals surface area contributed by atoms with E-state index in [4.69, 9.17) is 11.1 Å². The van der Waals surface area contributed by atoms with E-state index in [9.17, 15) is 0 Å². The Balaban J connectivity index is 2.23. The number of nitrogens with two attached hydrogens (primary N) is 1. The fourth-order valence-electron chi connectivity index (χ4n) is 2.15. The van der Waals surface area contributed by atoms with Crippen LogP contribution in [0.2, 0.25) is 0 Å². The second kappa shape index (κ2) is 6.08. The lowest BCUT2D eigenvalue weighted by molar-refractivity contribution is 0.0929. The Hall–Kier alpha value is -0.610. The van der Waals surface area contributed by atoms with E-state index < -0.39 is 0 Å². The molecule has 0 saturated carbocycles. The molecule has 1 unspecified atom stereocenters. The first kappa shape index (κ1) is 12.5. The molecule has 0 bridgehead atoms. The van der Waals surface area contributed by atoms with E-state index in [1.165, 1.54) is 19.5 Å². The van der Waals surface area contributed by atoms with Crippen LogP contribution in [0.5, 0.6) is 0 Å². The Labute approximate surface area is 92.9 Å². The van der Waals surface area contributed by atoms with Gasteiger partial charge in [-0.2, -0.15) is 0 Å². The van der Waals surface area contributed by atoms with E-state index in [-0.39, 0.29) is 0 Å². The first-order chi connectivity index (χ1) is 7.13. The van der Waals surface area contributed by atoms with Crippen LogP contribution < -0.4 is 5.73 Å². The Morgan fingerprint density at radius 3 is 2.80 bits per heavy atom. The predicted octanol–water partition coefficient (Wildman–Crippen LogP) is 0.729. The van der Waals surface area contributed by atoms with Crippen molar-refractivity contribution in [2.45, 2.75) is 32.2 Å². The molecular formula is C11H24N4. The van der Waals surface area contributed by atoms with Gasteiger partial charge < -0.3 is 15.5 Å². The molecule has 3 N–H and O–H groups in total. The van der Waals surface area contributed by atoms with Gasteiger partial charge in [-0.05, 0) is 26.4 Å². The van der Waals surface area contributed by atoms with Gasteiger partial charge in [0.25, 0.3) is 0 Å². The molecule has 0 aliphatic carbocycles. The van der Waals surface area contributed by atoms with Crippen molar-refractivity contribution in [2.24, 2.45) is 5.73 Å². The zero-order valence-corrected chi connectivity index (χ0v) is 10.00. The monoisotopic (exact) mass is 212 g/mol. The Bertz CT molecular complexity index is 205. The fraction of sp³-hybridized carbons (Fsp3) is 0.909. The summed E-state index contributed by atoms with van der Waals surface area (Å²) in [6, 6.07) is 0.705. The normalized spacial score (nSPS) is 24.3. The quantitative estimate of drug-likeness (QED) is 0.522. The van der Waals surface area contributed by atoms with Gasteiger partial charge in [-0.25, -0.2) is 0 Å². The topological polar surface area (TPSA) is 56.4 Å². The Morgan fingerprint density at radius 1 is 1.47 bits per heavy atom. The summed E-state index contributed by atoms with van der Waals surface area (Å²) in [6.45, 7) is 6.83. The van der Waals surface area contributed by atoms with Crippen LogP contribution in [0, 0.1) is 5.41 Å². The number of likely N-dealkylation sites (N-methyl/N-ethyl adjacent to an activating group) is 1. The highest BCUT2D eigenvalue weighted by Crippen LogP contribution is 2.11. The average molecular weight is 212 g/mol. The standard InChI is InChI=1S/C11H24N4/c1-3-10-9-15(8-7-14(10)2)6-4-5-11(12)13/h10H,3-9H2,1-2H3,(H3,12,13). The molecule has 15 heavy (non-hydrogen) atoms. The Morgan fingerprint density at radius 2 is 2.20 bits per heavy atom. The van der Waals surface area contributed by atoms with Gasteiger partial charge in [-0.1, -0.05) is 6.92 Å².